The molecular weight excluding hydrogens is 619 g/mol. The smallest absolute Gasteiger partial charge is 0.449 e. The Morgan fingerprint density at radius 1 is 0.619 bits per heavy atom. The van der Waals surface area contributed by atoms with Gasteiger partial charge in [0.1, 0.15) is 0 Å². The Balaban J connectivity index is 0.000000433. The molecule has 0 aromatic rings. The SMILES string of the molecule is COC[C@@H]1CCO[C@H]([C]2[CH][CH][CH][C]2B(O)[C]2[CH][CH][CH][C]2[C@H]2OCC[C@@H](COC)O2)O1.[CH]1[CH][CH][CH][CH]1.[CH]1[CH][CH][CH][CH]1.[Fe+2].[Fe+2]. The van der Waals surface area contributed by atoms with Crippen LogP contribution in [0.4, 0.5) is 0 Å². The molecule has 6 rings (SSSR count). The van der Waals surface area contributed by atoms with E-state index in [2.05, 4.69) is 0 Å². The second-order valence-electron chi connectivity index (χ2n) is 9.61. The van der Waals surface area contributed by atoms with Gasteiger partial charge in [-0.1, -0.05) is 0 Å². The average molecular weight is 658 g/mol. The van der Waals surface area contributed by atoms with E-state index < -0.39 is 19.5 Å². The molecule has 2 aliphatic heterocycles. The fraction of sp³-hybridized carbons (Fsp3) is 0.375. The third-order valence-corrected chi connectivity index (χ3v) is 6.73. The van der Waals surface area contributed by atoms with Crippen LogP contribution in [0.15, 0.2) is 0 Å². The zero-order valence-corrected chi connectivity index (χ0v) is 26.2. The van der Waals surface area contributed by atoms with Gasteiger partial charge in [-0.05, 0) is 127 Å². The molecule has 2 heterocycles. The first-order valence-corrected chi connectivity index (χ1v) is 13.8. The van der Waals surface area contributed by atoms with Crippen LogP contribution in [0.2, 0.25) is 0 Å². The molecule has 0 spiro atoms. The van der Waals surface area contributed by atoms with Crippen LogP contribution in [0.1, 0.15) is 12.8 Å². The fourth-order valence-electron chi connectivity index (χ4n) is 4.75. The molecule has 42 heavy (non-hydrogen) atoms. The van der Waals surface area contributed by atoms with E-state index in [1.807, 2.05) is 103 Å². The molecule has 6 fully saturated rings. The molecule has 4 saturated carbocycles. The Hall–Kier alpha value is 0.824. The largest absolute Gasteiger partial charge is 2.00 e. The minimum absolute atomic E-state index is 0. The maximum Gasteiger partial charge on any atom is 2.00 e. The summed E-state index contributed by atoms with van der Waals surface area (Å²) in [5.41, 5.74) is 0. The predicted molar refractivity (Wildman–Crippen MR) is 152 cm³/mol. The van der Waals surface area contributed by atoms with E-state index in [9.17, 15) is 5.02 Å². The van der Waals surface area contributed by atoms with Crippen LogP contribution < -0.4 is 0 Å². The Morgan fingerprint density at radius 3 is 1.31 bits per heavy atom. The van der Waals surface area contributed by atoms with Crippen molar-refractivity contribution in [1.82, 2.24) is 0 Å². The van der Waals surface area contributed by atoms with Crippen LogP contribution >= 0.6 is 0 Å². The molecule has 2 saturated heterocycles. The molecule has 1 N–H and O–H groups in total. The second kappa shape index (κ2) is 22.4. The van der Waals surface area contributed by atoms with Gasteiger partial charge in [-0.2, -0.15) is 0 Å². The third-order valence-electron chi connectivity index (χ3n) is 6.73. The molecule has 6 aliphatic rings. The molecule has 4 aliphatic carbocycles. The summed E-state index contributed by atoms with van der Waals surface area (Å²) in [4.78, 5) is 0. The zero-order valence-electron chi connectivity index (χ0n) is 24.0. The predicted octanol–water partition coefficient (Wildman–Crippen LogP) is 3.19. The molecule has 0 aromatic carbocycles. The topological polar surface area (TPSA) is 75.6 Å². The average Bonchev–Trinajstić information content (AvgIpc) is 3.81. The Labute approximate surface area is 278 Å². The van der Waals surface area contributed by atoms with E-state index in [1.54, 1.807) is 14.2 Å². The summed E-state index contributed by atoms with van der Waals surface area (Å²) in [6.45, 7) is 1.37. The van der Waals surface area contributed by atoms with Gasteiger partial charge in [0.05, 0.1) is 38.6 Å². The van der Waals surface area contributed by atoms with Crippen LogP contribution in [0.3, 0.4) is 0 Å². The number of methoxy groups -OCH3 is 2. The summed E-state index contributed by atoms with van der Waals surface area (Å²) in [7, 11) is 3.32. The maximum atomic E-state index is 11.3. The van der Waals surface area contributed by atoms with Crippen molar-refractivity contribution in [2.75, 3.05) is 40.6 Å². The first kappa shape index (κ1) is 39.0. The summed E-state index contributed by atoms with van der Waals surface area (Å²) < 4.78 is 34.2. The van der Waals surface area contributed by atoms with Crippen LogP contribution in [-0.4, -0.2) is 77.4 Å². The van der Waals surface area contributed by atoms with Crippen molar-refractivity contribution in [3.8, 4) is 0 Å². The van der Waals surface area contributed by atoms with Crippen molar-refractivity contribution in [3.63, 3.8) is 0 Å². The normalized spacial score (nSPS) is 30.9. The van der Waals surface area contributed by atoms with Gasteiger partial charge in [0, 0.05) is 26.1 Å². The van der Waals surface area contributed by atoms with E-state index in [0.29, 0.717) is 26.4 Å². The molecule has 0 aromatic heterocycles. The van der Waals surface area contributed by atoms with E-state index in [-0.39, 0.29) is 46.3 Å². The second-order valence-corrected chi connectivity index (χ2v) is 9.61. The molecule has 0 amide bonds. The molecule has 7 nitrogen and oxygen atoms in total. The van der Waals surface area contributed by atoms with Gasteiger partial charge in [-0.25, -0.2) is 0 Å². The van der Waals surface area contributed by atoms with Crippen molar-refractivity contribution >= 4 is 6.92 Å². The van der Waals surface area contributed by atoms with Gasteiger partial charge in [0.25, 0.3) is 0 Å². The third kappa shape index (κ3) is 12.2. The number of hydrogen-bond acceptors (Lipinski definition) is 7. The Bertz CT molecular complexity index is 600. The van der Waals surface area contributed by atoms with E-state index >= 15 is 0 Å². The summed E-state index contributed by atoms with van der Waals surface area (Å²) in [5.74, 6) is 3.18. The summed E-state index contributed by atoms with van der Waals surface area (Å²) >= 11 is 0. The fourth-order valence-corrected chi connectivity index (χ4v) is 4.75. The Kier molecular flexibility index (Phi) is 20.8. The molecule has 4 atom stereocenters. The van der Waals surface area contributed by atoms with E-state index in [1.165, 1.54) is 0 Å². The zero-order chi connectivity index (χ0) is 28.0. The minimum Gasteiger partial charge on any atom is -0.449 e. The van der Waals surface area contributed by atoms with Crippen LogP contribution in [0.5, 0.6) is 0 Å². The van der Waals surface area contributed by atoms with Crippen molar-refractivity contribution in [2.45, 2.75) is 37.6 Å². The molecule has 20 radical (unpaired) electrons. The van der Waals surface area contributed by atoms with Crippen LogP contribution in [0, 0.1) is 126 Å². The van der Waals surface area contributed by atoms with Gasteiger partial charge < -0.3 is 33.4 Å². The molecule has 224 valence electrons. The van der Waals surface area contributed by atoms with E-state index in [0.717, 1.165) is 36.3 Å². The monoisotopic (exact) mass is 658 g/mol. The summed E-state index contributed by atoms with van der Waals surface area (Å²) in [6, 6.07) is 0. The van der Waals surface area contributed by atoms with Gasteiger partial charge in [0.15, 0.2) is 12.6 Å². The standard InChI is InChI=1S/C22H29BO7.2C5H5.2Fe/c1-25-13-15-9-11-27-21(29-15)17-5-3-7-19(17)23(24)20-8-4-6-18(20)22-28-12-10-16(30-22)14-26-2;2*1-2-4-5-3-1;;/h3-8,15-16,21-22,24H,9-14H2,1-2H3;2*1-5H;;/q;;;2*+2/t15-,16-,21-,22-;;;;/m0..../s1. The van der Waals surface area contributed by atoms with Crippen molar-refractivity contribution in [2.24, 2.45) is 0 Å². The maximum absolute atomic E-state index is 11.3. The minimum atomic E-state index is -0.843. The molecule has 0 bridgehead atoms. The van der Waals surface area contributed by atoms with Crippen molar-refractivity contribution in [3.05, 3.63) is 126 Å². The van der Waals surface area contributed by atoms with Crippen molar-refractivity contribution < 1.29 is 67.6 Å². The molecular formula is C32H39BFe2O7+4. The number of rotatable bonds is 8. The summed E-state index contributed by atoms with van der Waals surface area (Å²) in [6.07, 6.45) is 32.0. The van der Waals surface area contributed by atoms with Crippen molar-refractivity contribution in [1.29, 1.82) is 0 Å². The number of hydrogen-bond donors (Lipinski definition) is 1. The van der Waals surface area contributed by atoms with Gasteiger partial charge in [0.2, 0.25) is 0 Å². The summed E-state index contributed by atoms with van der Waals surface area (Å²) in [5, 5.41) is 11.3. The van der Waals surface area contributed by atoms with Gasteiger partial charge in [-0.3, -0.25) is 0 Å². The quantitative estimate of drug-likeness (QED) is 0.402. The Morgan fingerprint density at radius 2 is 0.976 bits per heavy atom. The van der Waals surface area contributed by atoms with Crippen LogP contribution in [-0.2, 0) is 62.6 Å². The van der Waals surface area contributed by atoms with Gasteiger partial charge >= 0.3 is 41.1 Å². The first-order valence-electron chi connectivity index (χ1n) is 13.8. The molecule has 0 unspecified atom stereocenters. The van der Waals surface area contributed by atoms with E-state index in [4.69, 9.17) is 28.4 Å². The first-order chi connectivity index (χ1) is 19.7. The van der Waals surface area contributed by atoms with Gasteiger partial charge in [-0.15, -0.1) is 0 Å². The number of ether oxygens (including phenoxy) is 6. The molecule has 10 heteroatoms. The van der Waals surface area contributed by atoms with Crippen LogP contribution in [0.25, 0.3) is 0 Å².